The summed E-state index contributed by atoms with van der Waals surface area (Å²) in [7, 11) is -4.81. The molecule has 1 aromatic rings. The van der Waals surface area contributed by atoms with Gasteiger partial charge >= 0.3 is 10.2 Å². The largest absolute Gasteiger partial charge is 0.310 e. The number of amides is 1. The predicted molar refractivity (Wildman–Crippen MR) is 68.6 cm³/mol. The number of nitro groups is 1. The Morgan fingerprint density at radius 2 is 2.10 bits per heavy atom. The molecule has 1 fully saturated rings. The van der Waals surface area contributed by atoms with Crippen LogP contribution >= 0.6 is 0 Å². The van der Waals surface area contributed by atoms with Gasteiger partial charge in [0.05, 0.1) is 16.2 Å². The Kier molecular flexibility index (Phi) is 3.46. The van der Waals surface area contributed by atoms with Gasteiger partial charge in [-0.25, -0.2) is 0 Å². The van der Waals surface area contributed by atoms with Gasteiger partial charge in [-0.15, -0.1) is 3.89 Å². The molecule has 0 N–H and O–H groups in total. The van der Waals surface area contributed by atoms with E-state index in [9.17, 15) is 27.2 Å². The first-order valence-electron chi connectivity index (χ1n) is 5.69. The van der Waals surface area contributed by atoms with Crippen LogP contribution in [0.5, 0.6) is 0 Å². The lowest BCUT2D eigenvalue weighted by Gasteiger charge is -2.18. The molecule has 0 saturated carbocycles. The van der Waals surface area contributed by atoms with Gasteiger partial charge in [0.2, 0.25) is 5.91 Å². The SMILES string of the molecule is Cc1c(N2CC(S(=O)(=O)F)CC2=O)cccc1[N+](=O)[O-]. The van der Waals surface area contributed by atoms with Crippen molar-refractivity contribution in [3.05, 3.63) is 33.9 Å². The quantitative estimate of drug-likeness (QED) is 0.476. The average molecular weight is 302 g/mol. The van der Waals surface area contributed by atoms with Crippen LogP contribution in [0.25, 0.3) is 0 Å². The van der Waals surface area contributed by atoms with E-state index in [0.717, 1.165) is 4.90 Å². The Balaban J connectivity index is 2.41. The van der Waals surface area contributed by atoms with Gasteiger partial charge in [-0.2, -0.15) is 8.42 Å². The minimum Gasteiger partial charge on any atom is -0.310 e. The maximum atomic E-state index is 12.9. The lowest BCUT2D eigenvalue weighted by molar-refractivity contribution is -0.385. The highest BCUT2D eigenvalue weighted by molar-refractivity contribution is 7.87. The number of halogens is 1. The lowest BCUT2D eigenvalue weighted by Crippen LogP contribution is -2.27. The molecule has 1 heterocycles. The van der Waals surface area contributed by atoms with E-state index in [0.29, 0.717) is 0 Å². The second-order valence-corrected chi connectivity index (χ2v) is 6.10. The fraction of sp³-hybridized carbons (Fsp3) is 0.364. The van der Waals surface area contributed by atoms with Crippen molar-refractivity contribution in [2.45, 2.75) is 18.6 Å². The van der Waals surface area contributed by atoms with Crippen molar-refractivity contribution in [1.82, 2.24) is 0 Å². The first kappa shape index (κ1) is 14.4. The standard InChI is InChI=1S/C11H11FN2O5S/c1-7-9(3-2-4-10(7)14(16)17)13-6-8(5-11(13)15)20(12,18)19/h2-4,8H,5-6H2,1H3. The number of carbonyl (C=O) groups excluding carboxylic acids is 1. The summed E-state index contributed by atoms with van der Waals surface area (Å²) < 4.78 is 34.7. The van der Waals surface area contributed by atoms with Crippen LogP contribution in [0.1, 0.15) is 12.0 Å². The van der Waals surface area contributed by atoms with Crippen molar-refractivity contribution < 1.29 is 22.0 Å². The number of rotatable bonds is 3. The Hall–Kier alpha value is -2.03. The summed E-state index contributed by atoms with van der Waals surface area (Å²) in [5, 5.41) is 9.42. The molecule has 0 radical (unpaired) electrons. The van der Waals surface area contributed by atoms with Crippen LogP contribution in [-0.2, 0) is 15.0 Å². The van der Waals surface area contributed by atoms with E-state index in [1.54, 1.807) is 0 Å². The monoisotopic (exact) mass is 302 g/mol. The second-order valence-electron chi connectivity index (χ2n) is 4.48. The summed E-state index contributed by atoms with van der Waals surface area (Å²) in [5.74, 6) is -0.570. The number of carbonyl (C=O) groups is 1. The van der Waals surface area contributed by atoms with Crippen LogP contribution < -0.4 is 4.90 Å². The topological polar surface area (TPSA) is 97.6 Å². The van der Waals surface area contributed by atoms with Gasteiger partial charge in [0, 0.05) is 19.0 Å². The fourth-order valence-electron chi connectivity index (χ4n) is 2.20. The first-order chi connectivity index (χ1) is 9.21. The number of nitrogens with zero attached hydrogens (tertiary/aromatic N) is 2. The van der Waals surface area contributed by atoms with Crippen molar-refractivity contribution >= 4 is 27.5 Å². The smallest absolute Gasteiger partial charge is 0.307 e. The number of anilines is 1. The van der Waals surface area contributed by atoms with Gasteiger partial charge in [0.1, 0.15) is 5.25 Å². The van der Waals surface area contributed by atoms with E-state index in [1.165, 1.54) is 25.1 Å². The average Bonchev–Trinajstić information content (AvgIpc) is 2.71. The molecule has 20 heavy (non-hydrogen) atoms. The molecule has 1 atom stereocenters. The maximum absolute atomic E-state index is 12.9. The second kappa shape index (κ2) is 4.82. The number of hydrogen-bond donors (Lipinski definition) is 0. The van der Waals surface area contributed by atoms with Gasteiger partial charge in [-0.1, -0.05) is 6.07 Å². The highest BCUT2D eigenvalue weighted by Crippen LogP contribution is 2.32. The molecular formula is C11H11FN2O5S. The molecule has 1 aliphatic heterocycles. The number of benzene rings is 1. The molecule has 0 bridgehead atoms. The molecule has 1 aromatic carbocycles. The van der Waals surface area contributed by atoms with E-state index in [4.69, 9.17) is 0 Å². The molecule has 0 spiro atoms. The summed E-state index contributed by atoms with van der Waals surface area (Å²) in [6.07, 6.45) is -0.457. The Morgan fingerprint density at radius 3 is 2.60 bits per heavy atom. The molecule has 1 amide bonds. The molecule has 1 unspecified atom stereocenters. The molecule has 0 aliphatic carbocycles. The number of hydrogen-bond acceptors (Lipinski definition) is 5. The van der Waals surface area contributed by atoms with Crippen molar-refractivity contribution in [3.63, 3.8) is 0 Å². The van der Waals surface area contributed by atoms with E-state index >= 15 is 0 Å². The van der Waals surface area contributed by atoms with Crippen LogP contribution in [-0.4, -0.2) is 31.0 Å². The van der Waals surface area contributed by atoms with Gasteiger partial charge < -0.3 is 4.90 Å². The van der Waals surface area contributed by atoms with E-state index < -0.39 is 32.7 Å². The molecular weight excluding hydrogens is 291 g/mol. The summed E-state index contributed by atoms with van der Waals surface area (Å²) in [6.45, 7) is 1.12. The zero-order valence-corrected chi connectivity index (χ0v) is 11.3. The van der Waals surface area contributed by atoms with Gasteiger partial charge in [0.25, 0.3) is 5.69 Å². The van der Waals surface area contributed by atoms with Gasteiger partial charge in [0.15, 0.2) is 0 Å². The third kappa shape index (κ3) is 2.48. The molecule has 108 valence electrons. The predicted octanol–water partition coefficient (Wildman–Crippen LogP) is 1.31. The van der Waals surface area contributed by atoms with Crippen molar-refractivity contribution in [3.8, 4) is 0 Å². The molecule has 7 nitrogen and oxygen atoms in total. The first-order valence-corrected chi connectivity index (χ1v) is 7.14. The van der Waals surface area contributed by atoms with Crippen molar-refractivity contribution in [1.29, 1.82) is 0 Å². The molecule has 0 aromatic heterocycles. The summed E-state index contributed by atoms with van der Waals surface area (Å²) in [4.78, 5) is 23.1. The minimum atomic E-state index is -4.81. The zero-order valence-electron chi connectivity index (χ0n) is 10.4. The maximum Gasteiger partial charge on any atom is 0.307 e. The highest BCUT2D eigenvalue weighted by atomic mass is 32.3. The lowest BCUT2D eigenvalue weighted by atomic mass is 10.1. The fourth-order valence-corrected chi connectivity index (χ4v) is 2.87. The van der Waals surface area contributed by atoms with Crippen molar-refractivity contribution in [2.24, 2.45) is 0 Å². The van der Waals surface area contributed by atoms with E-state index in [1.807, 2.05) is 0 Å². The van der Waals surface area contributed by atoms with Gasteiger partial charge in [-0.3, -0.25) is 14.9 Å². The minimum absolute atomic E-state index is 0.179. The summed E-state index contributed by atoms with van der Waals surface area (Å²) >= 11 is 0. The molecule has 9 heteroatoms. The third-order valence-electron chi connectivity index (χ3n) is 3.25. The summed E-state index contributed by atoms with van der Waals surface area (Å²) in [6, 6.07) is 4.14. The molecule has 1 aliphatic rings. The van der Waals surface area contributed by atoms with Crippen molar-refractivity contribution in [2.75, 3.05) is 11.4 Å². The van der Waals surface area contributed by atoms with Gasteiger partial charge in [-0.05, 0) is 13.0 Å². The van der Waals surface area contributed by atoms with E-state index in [-0.39, 0.29) is 23.5 Å². The summed E-state index contributed by atoms with van der Waals surface area (Å²) in [5.41, 5.74) is 0.292. The Morgan fingerprint density at radius 1 is 1.45 bits per heavy atom. The highest BCUT2D eigenvalue weighted by Gasteiger charge is 2.40. The Labute approximate surface area is 114 Å². The molecule has 2 rings (SSSR count). The number of nitro benzene ring substituents is 1. The normalized spacial score (nSPS) is 19.4. The zero-order chi connectivity index (χ0) is 15.1. The Bertz CT molecular complexity index is 688. The van der Waals surface area contributed by atoms with Crippen LogP contribution in [0, 0.1) is 17.0 Å². The van der Waals surface area contributed by atoms with Crippen LogP contribution in [0.15, 0.2) is 18.2 Å². The van der Waals surface area contributed by atoms with E-state index in [2.05, 4.69) is 0 Å². The van der Waals surface area contributed by atoms with Crippen LogP contribution in [0.3, 0.4) is 0 Å². The molecule has 1 saturated heterocycles. The third-order valence-corrected chi connectivity index (χ3v) is 4.36. The van der Waals surface area contributed by atoms with Crippen LogP contribution in [0.4, 0.5) is 15.3 Å². The van der Waals surface area contributed by atoms with Crippen LogP contribution in [0.2, 0.25) is 0 Å².